The minimum absolute atomic E-state index is 0.0746. The summed E-state index contributed by atoms with van der Waals surface area (Å²) in [6, 6.07) is 11.3. The molecule has 0 radical (unpaired) electrons. The van der Waals surface area contributed by atoms with Crippen LogP contribution in [0.3, 0.4) is 0 Å². The van der Waals surface area contributed by atoms with Crippen LogP contribution in [0.2, 0.25) is 0 Å². The van der Waals surface area contributed by atoms with Crippen molar-refractivity contribution in [3.63, 3.8) is 0 Å². The van der Waals surface area contributed by atoms with E-state index in [1.54, 1.807) is 37.7 Å². The van der Waals surface area contributed by atoms with Crippen molar-refractivity contribution in [3.05, 3.63) is 53.6 Å². The first kappa shape index (κ1) is 27.3. The zero-order valence-corrected chi connectivity index (χ0v) is 26.7. The minimum Gasteiger partial charge on any atom is -0.316 e. The zero-order chi connectivity index (χ0) is 26.8. The predicted molar refractivity (Wildman–Crippen MR) is 173 cm³/mol. The highest BCUT2D eigenvalue weighted by atomic mass is 31.1. The van der Waals surface area contributed by atoms with Gasteiger partial charge in [-0.25, -0.2) is 0 Å². The first-order valence-electron chi connectivity index (χ1n) is 16.3. The SMILES string of the molecule is CC(C)(C)P(CC1C=C(c2ccccc2)C=C1C(P)(C1CCNC1)C1CCNC1)C1C2CC3CC(C2)CC1C3. The molecule has 8 rings (SSSR count). The Morgan fingerprint density at radius 1 is 0.846 bits per heavy atom. The summed E-state index contributed by atoms with van der Waals surface area (Å²) in [5, 5.41) is 8.12. The first-order valence-corrected chi connectivity index (χ1v) is 18.4. The monoisotopic (exact) mass is 562 g/mol. The highest BCUT2D eigenvalue weighted by Crippen LogP contribution is 2.69. The summed E-state index contributed by atoms with van der Waals surface area (Å²) >= 11 is 0. The van der Waals surface area contributed by atoms with Crippen LogP contribution < -0.4 is 10.6 Å². The molecule has 7 aliphatic rings. The van der Waals surface area contributed by atoms with E-state index in [0.717, 1.165) is 29.3 Å². The van der Waals surface area contributed by atoms with E-state index in [-0.39, 0.29) is 13.1 Å². The molecule has 0 amide bonds. The Kier molecular flexibility index (Phi) is 7.45. The third-order valence-electron chi connectivity index (χ3n) is 12.0. The van der Waals surface area contributed by atoms with Gasteiger partial charge in [0.05, 0.1) is 0 Å². The number of benzene rings is 1. The average Bonchev–Trinajstić information content (AvgIpc) is 3.70. The van der Waals surface area contributed by atoms with Gasteiger partial charge in [-0.1, -0.05) is 76.7 Å². The summed E-state index contributed by atoms with van der Waals surface area (Å²) < 4.78 is 0. The summed E-state index contributed by atoms with van der Waals surface area (Å²) in [6.45, 7) is 12.5. The van der Waals surface area contributed by atoms with Crippen LogP contribution in [0.15, 0.2) is 48.1 Å². The number of hydrogen-bond acceptors (Lipinski definition) is 2. The van der Waals surface area contributed by atoms with Gasteiger partial charge in [0.1, 0.15) is 0 Å². The van der Waals surface area contributed by atoms with E-state index in [2.05, 4.69) is 83.1 Å². The molecule has 4 heteroatoms. The van der Waals surface area contributed by atoms with Crippen molar-refractivity contribution in [2.24, 2.45) is 41.4 Å². The fraction of sp³-hybridized carbons (Fsp3) is 0.714. The molecule has 0 spiro atoms. The second kappa shape index (κ2) is 10.6. The Balaban J connectivity index is 1.27. The average molecular weight is 563 g/mol. The molecule has 2 nitrogen and oxygen atoms in total. The molecule has 2 N–H and O–H groups in total. The lowest BCUT2D eigenvalue weighted by atomic mass is 9.56. The van der Waals surface area contributed by atoms with E-state index in [4.69, 9.17) is 0 Å². The van der Waals surface area contributed by atoms with Crippen molar-refractivity contribution in [1.82, 2.24) is 10.6 Å². The molecule has 4 bridgehead atoms. The number of allylic oxidation sites excluding steroid dienone is 4. The van der Waals surface area contributed by atoms with Gasteiger partial charge in [0.15, 0.2) is 0 Å². The molecule has 5 unspecified atom stereocenters. The summed E-state index contributed by atoms with van der Waals surface area (Å²) in [4.78, 5) is 0. The lowest BCUT2D eigenvalue weighted by Gasteiger charge is -2.59. The summed E-state index contributed by atoms with van der Waals surface area (Å²) in [5.41, 5.74) is 5.68. The van der Waals surface area contributed by atoms with Crippen molar-refractivity contribution in [2.75, 3.05) is 32.3 Å². The van der Waals surface area contributed by atoms with E-state index in [1.165, 1.54) is 56.3 Å². The van der Waals surface area contributed by atoms with Crippen LogP contribution in [0.5, 0.6) is 0 Å². The quantitative estimate of drug-likeness (QED) is 0.335. The predicted octanol–water partition coefficient (Wildman–Crippen LogP) is 7.56. The Bertz CT molecular complexity index is 1050. The Hall–Kier alpha value is -0.520. The number of hydrogen-bond donors (Lipinski definition) is 2. The van der Waals surface area contributed by atoms with Crippen LogP contribution in [0, 0.1) is 41.4 Å². The van der Waals surface area contributed by atoms with Crippen molar-refractivity contribution < 1.29 is 0 Å². The topological polar surface area (TPSA) is 24.1 Å². The molecular weight excluding hydrogens is 510 g/mol. The second-order valence-corrected chi connectivity index (χ2v) is 19.4. The molecule has 39 heavy (non-hydrogen) atoms. The van der Waals surface area contributed by atoms with Gasteiger partial charge >= 0.3 is 0 Å². The normalized spacial score (nSPS) is 40.0. The van der Waals surface area contributed by atoms with Crippen LogP contribution in [0.25, 0.3) is 5.57 Å². The minimum atomic E-state index is -0.0746. The summed E-state index contributed by atoms with van der Waals surface area (Å²) in [5.74, 6) is 6.20. The summed E-state index contributed by atoms with van der Waals surface area (Å²) in [7, 11) is 3.48. The van der Waals surface area contributed by atoms with Gasteiger partial charge in [0.25, 0.3) is 0 Å². The van der Waals surface area contributed by atoms with Crippen LogP contribution in [0.4, 0.5) is 0 Å². The molecule has 5 atom stereocenters. The zero-order valence-electron chi connectivity index (χ0n) is 24.7. The third-order valence-corrected chi connectivity index (χ3v) is 17.3. The van der Waals surface area contributed by atoms with Gasteiger partial charge < -0.3 is 10.6 Å². The largest absolute Gasteiger partial charge is 0.316 e. The Labute approximate surface area is 242 Å². The van der Waals surface area contributed by atoms with E-state index >= 15 is 0 Å². The molecular formula is C35H52N2P2. The standard InChI is InChI=1S/C35H52N2P2/c1-34(2,3)39(33-27-14-23-13-24(16-27)17-28(33)15-23)22-29-18-26(25-7-5-4-6-8-25)19-32(29)35(38,30-9-11-36-20-30)31-10-12-37-21-31/h4-8,18-19,23-24,27-31,33,36-37H,9-17,20-22,38H2,1-3H3. The van der Waals surface area contributed by atoms with E-state index in [9.17, 15) is 0 Å². The van der Waals surface area contributed by atoms with Crippen LogP contribution >= 0.6 is 17.2 Å². The number of nitrogens with one attached hydrogen (secondary N) is 2. The molecule has 4 saturated carbocycles. The van der Waals surface area contributed by atoms with E-state index in [1.807, 2.05) is 0 Å². The third kappa shape index (κ3) is 4.97. The molecule has 1 aromatic rings. The molecule has 2 heterocycles. The second-order valence-electron chi connectivity index (χ2n) is 15.3. The van der Waals surface area contributed by atoms with Crippen molar-refractivity contribution in [1.29, 1.82) is 0 Å². The first-order chi connectivity index (χ1) is 18.8. The van der Waals surface area contributed by atoms with Gasteiger partial charge in [0.2, 0.25) is 0 Å². The maximum atomic E-state index is 3.76. The fourth-order valence-corrected chi connectivity index (χ4v) is 15.2. The molecule has 1 aromatic carbocycles. The van der Waals surface area contributed by atoms with Crippen LogP contribution in [0.1, 0.15) is 71.3 Å². The van der Waals surface area contributed by atoms with Gasteiger partial charge in [-0.05, 0) is 135 Å². The highest BCUT2D eigenvalue weighted by molar-refractivity contribution is 7.60. The molecule has 6 fully saturated rings. The van der Waals surface area contributed by atoms with Gasteiger partial charge in [-0.3, -0.25) is 0 Å². The fourth-order valence-electron chi connectivity index (χ4n) is 10.4. The van der Waals surface area contributed by atoms with Crippen molar-refractivity contribution in [3.8, 4) is 0 Å². The molecule has 5 aliphatic carbocycles. The smallest absolute Gasteiger partial charge is 0.0147 e. The molecule has 0 aromatic heterocycles. The molecule has 2 saturated heterocycles. The maximum absolute atomic E-state index is 3.76. The molecule has 2 aliphatic heterocycles. The van der Waals surface area contributed by atoms with Crippen molar-refractivity contribution >= 4 is 22.7 Å². The van der Waals surface area contributed by atoms with Gasteiger partial charge in [-0.15, -0.1) is 9.24 Å². The Morgan fingerprint density at radius 3 is 1.95 bits per heavy atom. The Morgan fingerprint density at radius 2 is 1.44 bits per heavy atom. The van der Waals surface area contributed by atoms with Crippen molar-refractivity contribution in [2.45, 2.75) is 81.7 Å². The van der Waals surface area contributed by atoms with Gasteiger partial charge in [0, 0.05) is 11.1 Å². The number of rotatable bonds is 7. The highest BCUT2D eigenvalue weighted by Gasteiger charge is 2.54. The lowest BCUT2D eigenvalue weighted by molar-refractivity contribution is 0.0242. The lowest BCUT2D eigenvalue weighted by Crippen LogP contribution is -2.50. The molecule has 212 valence electrons. The maximum Gasteiger partial charge on any atom is 0.0147 e. The van der Waals surface area contributed by atoms with Crippen LogP contribution in [-0.2, 0) is 0 Å². The summed E-state index contributed by atoms with van der Waals surface area (Å²) in [6.07, 6.45) is 17.3. The van der Waals surface area contributed by atoms with E-state index < -0.39 is 0 Å². The van der Waals surface area contributed by atoms with Crippen LogP contribution in [-0.4, -0.2) is 48.3 Å². The van der Waals surface area contributed by atoms with Gasteiger partial charge in [-0.2, -0.15) is 0 Å². The van der Waals surface area contributed by atoms with E-state index in [0.29, 0.717) is 22.9 Å².